The second-order valence-electron chi connectivity index (χ2n) is 7.45. The maximum absolute atomic E-state index is 13.1. The van der Waals surface area contributed by atoms with Gasteiger partial charge in [-0.25, -0.2) is 13.4 Å². The number of carbonyl (C=O) groups excluding carboxylic acids is 1. The van der Waals surface area contributed by atoms with Gasteiger partial charge in [0.25, 0.3) is 15.9 Å². The van der Waals surface area contributed by atoms with Crippen LogP contribution >= 0.6 is 0 Å². The third-order valence-corrected chi connectivity index (χ3v) is 7.13. The zero-order valence-corrected chi connectivity index (χ0v) is 17.7. The van der Waals surface area contributed by atoms with Crippen LogP contribution in [-0.2, 0) is 17.1 Å². The number of benzene rings is 2. The average Bonchev–Trinajstić information content (AvgIpc) is 3.41. The number of imidazole rings is 1. The molecule has 9 heteroatoms. The van der Waals surface area contributed by atoms with Crippen LogP contribution in [0.4, 0.5) is 0 Å². The number of nitrogens with zero attached hydrogens (tertiary/aromatic N) is 4. The lowest BCUT2D eigenvalue weighted by atomic mass is 9.94. The maximum Gasteiger partial charge on any atom is 0.262 e. The predicted molar refractivity (Wildman–Crippen MR) is 114 cm³/mol. The summed E-state index contributed by atoms with van der Waals surface area (Å²) in [5.74, 6) is -0.641. The molecule has 3 aromatic rings. The van der Waals surface area contributed by atoms with Crippen molar-refractivity contribution < 1.29 is 13.2 Å². The molecule has 4 rings (SSSR count). The second kappa shape index (κ2) is 8.34. The molecular weight excluding hydrogens is 414 g/mol. The fourth-order valence-corrected chi connectivity index (χ4v) is 5.29. The molecular formula is C22H21N5O3S. The van der Waals surface area contributed by atoms with Crippen molar-refractivity contribution in [2.75, 3.05) is 13.1 Å². The van der Waals surface area contributed by atoms with Gasteiger partial charge < -0.3 is 9.88 Å². The lowest BCUT2D eigenvalue weighted by Crippen LogP contribution is -2.40. The van der Waals surface area contributed by atoms with Crippen molar-refractivity contribution in [3.8, 4) is 6.07 Å². The summed E-state index contributed by atoms with van der Waals surface area (Å²) in [6.07, 6.45) is 2.90. The highest BCUT2D eigenvalue weighted by molar-refractivity contribution is 7.89. The van der Waals surface area contributed by atoms with Crippen molar-refractivity contribution in [2.24, 2.45) is 7.05 Å². The van der Waals surface area contributed by atoms with Crippen LogP contribution in [0.25, 0.3) is 0 Å². The van der Waals surface area contributed by atoms with Gasteiger partial charge in [0.2, 0.25) is 0 Å². The molecule has 0 saturated carbocycles. The number of nitrogens with one attached hydrogen (secondary N) is 1. The Balaban J connectivity index is 1.64. The normalized spacial score (nSPS) is 19.1. The van der Waals surface area contributed by atoms with Crippen LogP contribution in [0.3, 0.4) is 0 Å². The van der Waals surface area contributed by atoms with E-state index < -0.39 is 22.0 Å². The molecule has 1 N–H and O–H groups in total. The summed E-state index contributed by atoms with van der Waals surface area (Å²) in [7, 11) is -2.10. The van der Waals surface area contributed by atoms with E-state index in [1.165, 1.54) is 16.8 Å². The quantitative estimate of drug-likeness (QED) is 0.658. The van der Waals surface area contributed by atoms with E-state index in [1.807, 2.05) is 36.4 Å². The highest BCUT2D eigenvalue weighted by Crippen LogP contribution is 2.31. The lowest BCUT2D eigenvalue weighted by molar-refractivity contribution is 0.0936. The predicted octanol–water partition coefficient (Wildman–Crippen LogP) is 1.88. The zero-order chi connectivity index (χ0) is 22.0. The van der Waals surface area contributed by atoms with Crippen molar-refractivity contribution in [2.45, 2.75) is 17.0 Å². The topological polar surface area (TPSA) is 108 Å². The van der Waals surface area contributed by atoms with Crippen LogP contribution in [0.5, 0.6) is 0 Å². The molecule has 1 saturated heterocycles. The molecule has 1 fully saturated rings. The molecule has 8 nitrogen and oxygen atoms in total. The first-order chi connectivity index (χ1) is 14.9. The third-order valence-electron chi connectivity index (χ3n) is 5.41. The molecule has 1 aliphatic heterocycles. The van der Waals surface area contributed by atoms with Crippen LogP contribution in [0.1, 0.15) is 27.4 Å². The molecule has 2 aromatic carbocycles. The van der Waals surface area contributed by atoms with E-state index in [9.17, 15) is 18.5 Å². The lowest BCUT2D eigenvalue weighted by Gasteiger charge is -2.20. The van der Waals surface area contributed by atoms with Gasteiger partial charge in [-0.3, -0.25) is 4.79 Å². The fourth-order valence-electron chi connectivity index (χ4n) is 3.83. The summed E-state index contributed by atoms with van der Waals surface area (Å²) in [4.78, 5) is 16.9. The van der Waals surface area contributed by atoms with Gasteiger partial charge in [0.15, 0.2) is 5.03 Å². The summed E-state index contributed by atoms with van der Waals surface area (Å²) >= 11 is 0. The van der Waals surface area contributed by atoms with E-state index in [-0.39, 0.29) is 35.2 Å². The number of hydrogen-bond acceptors (Lipinski definition) is 5. The van der Waals surface area contributed by atoms with E-state index in [0.29, 0.717) is 0 Å². The second-order valence-corrected chi connectivity index (χ2v) is 9.34. The minimum absolute atomic E-state index is 0.0244. The van der Waals surface area contributed by atoms with Gasteiger partial charge in [-0.1, -0.05) is 42.5 Å². The molecule has 31 heavy (non-hydrogen) atoms. The molecule has 0 unspecified atom stereocenters. The Labute approximate surface area is 180 Å². The summed E-state index contributed by atoms with van der Waals surface area (Å²) in [5, 5.41) is 12.2. The van der Waals surface area contributed by atoms with E-state index in [2.05, 4.69) is 10.3 Å². The van der Waals surface area contributed by atoms with Gasteiger partial charge >= 0.3 is 0 Å². The minimum atomic E-state index is -3.81. The third kappa shape index (κ3) is 4.08. The number of sulfonamides is 1. The van der Waals surface area contributed by atoms with Gasteiger partial charge in [-0.15, -0.1) is 0 Å². The van der Waals surface area contributed by atoms with Crippen LogP contribution < -0.4 is 5.32 Å². The van der Waals surface area contributed by atoms with Crippen molar-refractivity contribution in [3.05, 3.63) is 83.8 Å². The number of carbonyl (C=O) groups is 1. The summed E-state index contributed by atoms with van der Waals surface area (Å²) in [6, 6.07) is 17.6. The van der Waals surface area contributed by atoms with Gasteiger partial charge in [0, 0.05) is 32.3 Å². The number of hydrogen-bond donors (Lipinski definition) is 1. The standard InChI is InChI=1S/C22H21N5O3S/c1-26-14-21(24-15-26)31(29,30)27-12-19(16-7-3-2-4-8-16)20(13-27)25-22(28)18-10-6-5-9-17(18)11-23/h2-10,14-15,19-20H,12-13H2,1H3,(H,25,28)/t19-,20+/m1/s1. The zero-order valence-electron chi connectivity index (χ0n) is 16.8. The smallest absolute Gasteiger partial charge is 0.262 e. The molecule has 158 valence electrons. The number of aromatic nitrogens is 2. The Morgan fingerprint density at radius 2 is 1.84 bits per heavy atom. The van der Waals surface area contributed by atoms with E-state index in [1.54, 1.807) is 35.9 Å². The summed E-state index contributed by atoms with van der Waals surface area (Å²) < 4.78 is 29.2. The number of aryl methyl sites for hydroxylation is 1. The number of amides is 1. The minimum Gasteiger partial charge on any atom is -0.347 e. The van der Waals surface area contributed by atoms with E-state index in [0.717, 1.165) is 5.56 Å². The molecule has 0 spiro atoms. The molecule has 1 amide bonds. The van der Waals surface area contributed by atoms with Crippen molar-refractivity contribution in [1.82, 2.24) is 19.2 Å². The Morgan fingerprint density at radius 3 is 2.52 bits per heavy atom. The Kier molecular flexibility index (Phi) is 5.59. The maximum atomic E-state index is 13.1. The molecule has 0 aliphatic carbocycles. The Hall–Kier alpha value is -3.48. The Bertz CT molecular complexity index is 1250. The molecule has 0 bridgehead atoms. The number of rotatable bonds is 5. The molecule has 1 aliphatic rings. The first kappa shape index (κ1) is 20.8. The molecule has 0 radical (unpaired) electrons. The fraction of sp³-hybridized carbons (Fsp3) is 0.227. The largest absolute Gasteiger partial charge is 0.347 e. The highest BCUT2D eigenvalue weighted by atomic mass is 32.2. The summed E-state index contributed by atoms with van der Waals surface area (Å²) in [6.45, 7) is 0.326. The highest BCUT2D eigenvalue weighted by Gasteiger charge is 2.41. The SMILES string of the molecule is Cn1cnc(S(=O)(=O)N2C[C@H](NC(=O)c3ccccc3C#N)[C@@H](c3ccccc3)C2)c1. The Morgan fingerprint density at radius 1 is 1.13 bits per heavy atom. The van der Waals surface area contributed by atoms with Crippen LogP contribution in [0.15, 0.2) is 72.1 Å². The van der Waals surface area contributed by atoms with Crippen LogP contribution in [0.2, 0.25) is 0 Å². The van der Waals surface area contributed by atoms with E-state index in [4.69, 9.17) is 0 Å². The van der Waals surface area contributed by atoms with Gasteiger partial charge in [0.1, 0.15) is 0 Å². The molecule has 1 aromatic heterocycles. The van der Waals surface area contributed by atoms with Crippen molar-refractivity contribution in [1.29, 1.82) is 5.26 Å². The van der Waals surface area contributed by atoms with Crippen LogP contribution in [-0.4, -0.2) is 47.3 Å². The first-order valence-electron chi connectivity index (χ1n) is 9.73. The monoisotopic (exact) mass is 435 g/mol. The van der Waals surface area contributed by atoms with Gasteiger partial charge in [-0.2, -0.15) is 9.57 Å². The van der Waals surface area contributed by atoms with Gasteiger partial charge in [0.05, 0.1) is 29.6 Å². The van der Waals surface area contributed by atoms with Crippen LogP contribution in [0, 0.1) is 11.3 Å². The molecule has 2 heterocycles. The summed E-state index contributed by atoms with van der Waals surface area (Å²) in [5.41, 5.74) is 1.47. The first-order valence-corrected chi connectivity index (χ1v) is 11.2. The van der Waals surface area contributed by atoms with Crippen molar-refractivity contribution >= 4 is 15.9 Å². The number of nitriles is 1. The van der Waals surface area contributed by atoms with Gasteiger partial charge in [-0.05, 0) is 17.7 Å². The van der Waals surface area contributed by atoms with Crippen molar-refractivity contribution in [3.63, 3.8) is 0 Å². The molecule has 2 atom stereocenters. The van der Waals surface area contributed by atoms with E-state index >= 15 is 0 Å². The average molecular weight is 436 g/mol.